The molecule has 9 nitrogen and oxygen atoms in total. The van der Waals surface area contributed by atoms with Crippen LogP contribution < -0.4 is 5.73 Å². The van der Waals surface area contributed by atoms with Gasteiger partial charge in [0.25, 0.3) is 0 Å². The van der Waals surface area contributed by atoms with Crippen LogP contribution in [0.3, 0.4) is 0 Å². The van der Waals surface area contributed by atoms with Crippen molar-refractivity contribution < 1.29 is 17.9 Å². The van der Waals surface area contributed by atoms with E-state index in [4.69, 9.17) is 10.5 Å². The maximum atomic E-state index is 13.0. The van der Waals surface area contributed by atoms with Crippen LogP contribution in [0.5, 0.6) is 0 Å². The van der Waals surface area contributed by atoms with Gasteiger partial charge in [0.1, 0.15) is 6.07 Å². The largest absolute Gasteiger partial charge is 0.464 e. The fourth-order valence-electron chi connectivity index (χ4n) is 3.09. The van der Waals surface area contributed by atoms with Gasteiger partial charge in [0.05, 0.1) is 23.3 Å². The molecule has 2 aromatic rings. The molecule has 0 spiro atoms. The van der Waals surface area contributed by atoms with Crippen LogP contribution in [-0.2, 0) is 14.8 Å². The average Bonchev–Trinajstić information content (AvgIpc) is 3.04. The monoisotopic (exact) mass is 403 g/mol. The van der Waals surface area contributed by atoms with Crippen molar-refractivity contribution in [3.05, 3.63) is 41.7 Å². The van der Waals surface area contributed by atoms with Crippen molar-refractivity contribution in [3.8, 4) is 11.8 Å². The molecule has 1 aromatic heterocycles. The first-order chi connectivity index (χ1) is 13.3. The van der Waals surface area contributed by atoms with Crippen molar-refractivity contribution in [2.24, 2.45) is 0 Å². The zero-order valence-corrected chi connectivity index (χ0v) is 16.4. The van der Waals surface area contributed by atoms with Crippen LogP contribution in [0.15, 0.2) is 35.4 Å². The highest BCUT2D eigenvalue weighted by Gasteiger charge is 2.28. The molecule has 0 radical (unpaired) electrons. The Morgan fingerprint density at radius 3 is 2.54 bits per heavy atom. The number of likely N-dealkylation sites (N-methyl/N-ethyl adjacent to an activating group) is 1. The third kappa shape index (κ3) is 3.47. The minimum atomic E-state index is -3.68. The first-order valence-electron chi connectivity index (χ1n) is 8.58. The zero-order valence-electron chi connectivity index (χ0n) is 15.6. The molecule has 1 aliphatic heterocycles. The number of rotatable bonds is 4. The SMILES string of the molecule is COC(=O)c1c(N)c(C#N)cn1-c1cccc(S(=O)(=O)N2CCN(C)CC2)c1. The Bertz CT molecular complexity index is 1050. The predicted octanol–water partition coefficient (Wildman–Crippen LogP) is 0.654. The number of anilines is 1. The number of sulfonamides is 1. The van der Waals surface area contributed by atoms with E-state index in [0.29, 0.717) is 31.9 Å². The second-order valence-corrected chi connectivity index (χ2v) is 8.42. The molecule has 2 heterocycles. The van der Waals surface area contributed by atoms with Gasteiger partial charge >= 0.3 is 5.97 Å². The number of hydrogen-bond donors (Lipinski definition) is 1. The smallest absolute Gasteiger partial charge is 0.357 e. The predicted molar refractivity (Wildman–Crippen MR) is 102 cm³/mol. The lowest BCUT2D eigenvalue weighted by Crippen LogP contribution is -2.47. The first kappa shape index (κ1) is 19.9. The van der Waals surface area contributed by atoms with Gasteiger partial charge in [-0.25, -0.2) is 13.2 Å². The molecule has 1 saturated heterocycles. The molecule has 0 unspecified atom stereocenters. The standard InChI is InChI=1S/C18H21N5O4S/c1-21-6-8-22(9-7-21)28(25,26)15-5-3-4-14(10-15)23-12-13(11-19)16(20)17(23)18(24)27-2/h3-5,10,12H,6-9,20H2,1-2H3. The quantitative estimate of drug-likeness (QED) is 0.744. The number of nitrogens with two attached hydrogens (primary N) is 1. The molecule has 3 rings (SSSR count). The fraction of sp³-hybridized carbons (Fsp3) is 0.333. The molecule has 0 atom stereocenters. The van der Waals surface area contributed by atoms with Crippen molar-refractivity contribution in [2.75, 3.05) is 46.1 Å². The number of methoxy groups -OCH3 is 1. The fourth-order valence-corrected chi connectivity index (χ4v) is 4.55. The molecule has 148 valence electrons. The number of piperazine rings is 1. The minimum Gasteiger partial charge on any atom is -0.464 e. The summed E-state index contributed by atoms with van der Waals surface area (Å²) >= 11 is 0. The van der Waals surface area contributed by atoms with Crippen molar-refractivity contribution in [1.82, 2.24) is 13.8 Å². The van der Waals surface area contributed by atoms with E-state index in [0.717, 1.165) is 0 Å². The molecule has 1 aliphatic rings. The van der Waals surface area contributed by atoms with E-state index < -0.39 is 16.0 Å². The number of hydrogen-bond acceptors (Lipinski definition) is 7. The van der Waals surface area contributed by atoms with Gasteiger partial charge in [-0.05, 0) is 25.2 Å². The van der Waals surface area contributed by atoms with E-state index in [2.05, 4.69) is 4.90 Å². The molecule has 0 bridgehead atoms. The van der Waals surface area contributed by atoms with Gasteiger partial charge in [-0.1, -0.05) is 6.07 Å². The Morgan fingerprint density at radius 1 is 1.25 bits per heavy atom. The van der Waals surface area contributed by atoms with E-state index in [-0.39, 0.29) is 21.8 Å². The van der Waals surface area contributed by atoms with Gasteiger partial charge in [-0.15, -0.1) is 0 Å². The summed E-state index contributed by atoms with van der Waals surface area (Å²) in [6.45, 7) is 2.13. The number of nitriles is 1. The Balaban J connectivity index is 2.06. The first-order valence-corrected chi connectivity index (χ1v) is 10.0. The molecule has 0 saturated carbocycles. The molecular formula is C18H21N5O4S. The van der Waals surface area contributed by atoms with E-state index in [9.17, 15) is 18.5 Å². The lowest BCUT2D eigenvalue weighted by molar-refractivity contribution is 0.0593. The topological polar surface area (TPSA) is 122 Å². The molecule has 10 heteroatoms. The zero-order chi connectivity index (χ0) is 20.5. The highest BCUT2D eigenvalue weighted by atomic mass is 32.2. The number of benzene rings is 1. The van der Waals surface area contributed by atoms with Crippen molar-refractivity contribution in [3.63, 3.8) is 0 Å². The van der Waals surface area contributed by atoms with Crippen LogP contribution in [0.25, 0.3) is 5.69 Å². The van der Waals surface area contributed by atoms with Gasteiger partial charge in [-0.3, -0.25) is 0 Å². The maximum Gasteiger partial charge on any atom is 0.357 e. The molecule has 0 amide bonds. The van der Waals surface area contributed by atoms with Gasteiger partial charge in [-0.2, -0.15) is 9.57 Å². The summed E-state index contributed by atoms with van der Waals surface area (Å²) in [7, 11) is -0.528. The number of aromatic nitrogens is 1. The third-order valence-electron chi connectivity index (χ3n) is 4.74. The number of nitrogen functional groups attached to an aromatic ring is 1. The molecule has 0 aliphatic carbocycles. The van der Waals surface area contributed by atoms with Gasteiger partial charge in [0, 0.05) is 38.1 Å². The molecular weight excluding hydrogens is 382 g/mol. The normalized spacial score (nSPS) is 15.9. The lowest BCUT2D eigenvalue weighted by Gasteiger charge is -2.31. The Kier molecular flexibility index (Phi) is 5.42. The number of carbonyl (C=O) groups is 1. The number of ether oxygens (including phenoxy) is 1. The Labute approximate surface area is 163 Å². The summed E-state index contributed by atoms with van der Waals surface area (Å²) in [6.07, 6.45) is 1.39. The van der Waals surface area contributed by atoms with Crippen LogP contribution in [0, 0.1) is 11.3 Å². The highest BCUT2D eigenvalue weighted by Crippen LogP contribution is 2.27. The van der Waals surface area contributed by atoms with Crippen LogP contribution >= 0.6 is 0 Å². The number of nitrogens with zero attached hydrogens (tertiary/aromatic N) is 4. The van der Waals surface area contributed by atoms with Crippen LogP contribution in [0.4, 0.5) is 5.69 Å². The molecule has 2 N–H and O–H groups in total. The summed E-state index contributed by atoms with van der Waals surface area (Å²) in [5.74, 6) is -0.716. The second kappa shape index (κ2) is 7.63. The van der Waals surface area contributed by atoms with Crippen molar-refractivity contribution >= 4 is 21.7 Å². The van der Waals surface area contributed by atoms with Crippen molar-refractivity contribution in [2.45, 2.75) is 4.90 Å². The van der Waals surface area contributed by atoms with E-state index in [1.807, 2.05) is 13.1 Å². The van der Waals surface area contributed by atoms with Crippen LogP contribution in [-0.4, -0.2) is 68.5 Å². The van der Waals surface area contributed by atoms with E-state index in [1.165, 1.54) is 34.3 Å². The highest BCUT2D eigenvalue weighted by molar-refractivity contribution is 7.89. The number of esters is 1. The summed E-state index contributed by atoms with van der Waals surface area (Å²) in [5, 5.41) is 9.23. The lowest BCUT2D eigenvalue weighted by atomic mass is 10.2. The second-order valence-electron chi connectivity index (χ2n) is 6.48. The van der Waals surface area contributed by atoms with Gasteiger partial charge in [0.2, 0.25) is 10.0 Å². The Hall–Kier alpha value is -2.87. The Morgan fingerprint density at radius 2 is 1.93 bits per heavy atom. The molecule has 28 heavy (non-hydrogen) atoms. The van der Waals surface area contributed by atoms with Crippen molar-refractivity contribution in [1.29, 1.82) is 5.26 Å². The summed E-state index contributed by atoms with van der Waals surface area (Å²) in [5.41, 5.74) is 6.37. The van der Waals surface area contributed by atoms with Crippen LogP contribution in [0.1, 0.15) is 16.1 Å². The average molecular weight is 403 g/mol. The summed E-state index contributed by atoms with van der Waals surface area (Å²) < 4.78 is 33.6. The minimum absolute atomic E-state index is 0.0123. The molecule has 1 aromatic carbocycles. The van der Waals surface area contributed by atoms with Crippen LogP contribution in [0.2, 0.25) is 0 Å². The van der Waals surface area contributed by atoms with E-state index >= 15 is 0 Å². The summed E-state index contributed by atoms with van der Waals surface area (Å²) in [6, 6.07) is 8.11. The van der Waals surface area contributed by atoms with E-state index in [1.54, 1.807) is 12.1 Å². The van der Waals surface area contributed by atoms with Gasteiger partial charge < -0.3 is 19.9 Å². The number of carbonyl (C=O) groups excluding carboxylic acids is 1. The molecule has 1 fully saturated rings. The summed E-state index contributed by atoms with van der Waals surface area (Å²) in [4.78, 5) is 14.3. The maximum absolute atomic E-state index is 13.0. The van der Waals surface area contributed by atoms with Gasteiger partial charge in [0.15, 0.2) is 5.69 Å². The third-order valence-corrected chi connectivity index (χ3v) is 6.63.